The number of aryl methyl sites for hydroxylation is 1. The van der Waals surface area contributed by atoms with Crippen LogP contribution >= 0.6 is 0 Å². The Kier molecular flexibility index (Phi) is 7.53. The van der Waals surface area contributed by atoms with Crippen LogP contribution in [0.25, 0.3) is 22.3 Å². The summed E-state index contributed by atoms with van der Waals surface area (Å²) in [6.45, 7) is 6.77. The minimum absolute atomic E-state index is 0.00201. The van der Waals surface area contributed by atoms with Crippen molar-refractivity contribution in [3.8, 4) is 11.4 Å². The van der Waals surface area contributed by atoms with Gasteiger partial charge in [0.15, 0.2) is 5.60 Å². The van der Waals surface area contributed by atoms with E-state index in [1.807, 2.05) is 0 Å². The Hall–Kier alpha value is -4.16. The summed E-state index contributed by atoms with van der Waals surface area (Å²) < 4.78 is 27.4. The van der Waals surface area contributed by atoms with E-state index >= 15 is 4.39 Å². The maximum Gasteiger partial charge on any atom is 0.343 e. The molecule has 3 aromatic rings. The molecule has 0 saturated heterocycles. The first-order chi connectivity index (χ1) is 21.0. The topological polar surface area (TPSA) is 149 Å². The van der Waals surface area contributed by atoms with Crippen LogP contribution < -0.4 is 16.2 Å². The molecule has 3 N–H and O–H groups in total. The standard InChI is InChI=1S/C32H35FN4O7/c1-5-25(38)34-14-44-15(3)9-26(39)35-22-8-7-17-16(4)21(33)11-23-27(17)28(22)18-12-37-24(29(18)36-23)10-20-19(30(37)40)13-43-31(41)32(20,42)6-2/h10-11,15,22,42H,5-9,12-14H2,1-4H3,(H,34,38)(H,35,39)/t15-,22-,32-/m0/s1. The summed E-state index contributed by atoms with van der Waals surface area (Å²) in [6, 6.07) is 2.56. The second-order valence-corrected chi connectivity index (χ2v) is 11.7. The number of benzene rings is 1. The van der Waals surface area contributed by atoms with Crippen LogP contribution in [0.2, 0.25) is 0 Å². The second-order valence-electron chi connectivity index (χ2n) is 11.7. The molecule has 232 valence electrons. The minimum Gasteiger partial charge on any atom is -0.458 e. The first kappa shape index (κ1) is 29.9. The zero-order chi connectivity index (χ0) is 31.5. The number of nitrogens with one attached hydrogen (secondary N) is 2. The number of cyclic esters (lactones) is 1. The average Bonchev–Trinajstić information content (AvgIpc) is 3.36. The van der Waals surface area contributed by atoms with E-state index < -0.39 is 35.1 Å². The third kappa shape index (κ3) is 4.67. The largest absolute Gasteiger partial charge is 0.458 e. The Labute approximate surface area is 252 Å². The predicted octanol–water partition coefficient (Wildman–Crippen LogP) is 2.91. The molecule has 1 aromatic carbocycles. The van der Waals surface area contributed by atoms with Crippen LogP contribution in [0.1, 0.15) is 85.9 Å². The molecule has 6 rings (SSSR count). The summed E-state index contributed by atoms with van der Waals surface area (Å²) in [4.78, 5) is 55.9. The molecular weight excluding hydrogens is 571 g/mol. The number of amides is 2. The lowest BCUT2D eigenvalue weighted by Crippen LogP contribution is -2.44. The van der Waals surface area contributed by atoms with Gasteiger partial charge in [-0.1, -0.05) is 13.8 Å². The summed E-state index contributed by atoms with van der Waals surface area (Å²) >= 11 is 0. The van der Waals surface area contributed by atoms with Gasteiger partial charge in [-0.25, -0.2) is 14.2 Å². The molecule has 0 radical (unpaired) electrons. The van der Waals surface area contributed by atoms with E-state index in [1.165, 1.54) is 10.6 Å². The number of nitrogens with zero attached hydrogens (tertiary/aromatic N) is 2. The highest BCUT2D eigenvalue weighted by Gasteiger charge is 2.46. The normalized spacial score (nSPS) is 20.4. The van der Waals surface area contributed by atoms with Gasteiger partial charge in [0.1, 0.15) is 19.2 Å². The molecule has 3 atom stereocenters. The fourth-order valence-corrected chi connectivity index (χ4v) is 6.66. The second kappa shape index (κ2) is 11.1. The van der Waals surface area contributed by atoms with E-state index in [2.05, 4.69) is 10.6 Å². The first-order valence-electron chi connectivity index (χ1n) is 15.0. The third-order valence-electron chi connectivity index (χ3n) is 9.14. The van der Waals surface area contributed by atoms with Gasteiger partial charge >= 0.3 is 5.97 Å². The Morgan fingerprint density at radius 2 is 2.00 bits per heavy atom. The van der Waals surface area contributed by atoms with Crippen molar-refractivity contribution in [2.75, 3.05) is 6.73 Å². The molecule has 2 aromatic heterocycles. The van der Waals surface area contributed by atoms with Crippen molar-refractivity contribution in [2.24, 2.45) is 0 Å². The molecule has 0 saturated carbocycles. The van der Waals surface area contributed by atoms with E-state index in [0.29, 0.717) is 41.7 Å². The lowest BCUT2D eigenvalue weighted by atomic mass is 9.81. The Morgan fingerprint density at radius 3 is 2.73 bits per heavy atom. The Morgan fingerprint density at radius 1 is 1.23 bits per heavy atom. The number of halogens is 1. The van der Waals surface area contributed by atoms with Gasteiger partial charge in [0.05, 0.1) is 47.6 Å². The molecule has 4 heterocycles. The van der Waals surface area contributed by atoms with E-state index in [4.69, 9.17) is 14.5 Å². The van der Waals surface area contributed by atoms with Gasteiger partial charge in [0.2, 0.25) is 11.8 Å². The minimum atomic E-state index is -1.97. The number of hydrogen-bond acceptors (Lipinski definition) is 8. The van der Waals surface area contributed by atoms with Crippen LogP contribution in [0.5, 0.6) is 0 Å². The van der Waals surface area contributed by atoms with Gasteiger partial charge in [-0.15, -0.1) is 0 Å². The zero-order valence-corrected chi connectivity index (χ0v) is 25.1. The van der Waals surface area contributed by atoms with E-state index in [1.54, 1.807) is 33.8 Å². The monoisotopic (exact) mass is 606 g/mol. The van der Waals surface area contributed by atoms with Crippen LogP contribution in [-0.2, 0) is 49.0 Å². The highest BCUT2D eigenvalue weighted by Crippen LogP contribution is 2.46. The van der Waals surface area contributed by atoms with Gasteiger partial charge in [0, 0.05) is 29.0 Å². The van der Waals surface area contributed by atoms with Crippen molar-refractivity contribution in [2.45, 2.75) is 90.7 Å². The van der Waals surface area contributed by atoms with Crippen LogP contribution in [0.3, 0.4) is 0 Å². The number of aliphatic hydroxyl groups is 1. The number of pyridine rings is 2. The summed E-state index contributed by atoms with van der Waals surface area (Å²) in [5.41, 5.74) is 2.16. The molecule has 1 aliphatic carbocycles. The first-order valence-corrected chi connectivity index (χ1v) is 15.0. The third-order valence-corrected chi connectivity index (χ3v) is 9.14. The van der Waals surface area contributed by atoms with E-state index in [0.717, 1.165) is 22.1 Å². The van der Waals surface area contributed by atoms with Crippen molar-refractivity contribution in [1.29, 1.82) is 0 Å². The summed E-state index contributed by atoms with van der Waals surface area (Å²) in [5, 5.41) is 17.7. The average molecular weight is 607 g/mol. The lowest BCUT2D eigenvalue weighted by molar-refractivity contribution is -0.172. The van der Waals surface area contributed by atoms with E-state index in [-0.39, 0.29) is 55.7 Å². The molecule has 0 fully saturated rings. The zero-order valence-electron chi connectivity index (χ0n) is 25.1. The predicted molar refractivity (Wildman–Crippen MR) is 157 cm³/mol. The highest BCUT2D eigenvalue weighted by molar-refractivity contribution is 5.94. The van der Waals surface area contributed by atoms with Crippen molar-refractivity contribution in [3.63, 3.8) is 0 Å². The number of hydrogen-bond donors (Lipinski definition) is 3. The number of rotatable bonds is 8. The van der Waals surface area contributed by atoms with Crippen molar-refractivity contribution in [3.05, 3.63) is 61.7 Å². The molecule has 12 heteroatoms. The number of fused-ring (bicyclic) bond motifs is 5. The molecule has 0 bridgehead atoms. The van der Waals surface area contributed by atoms with Gasteiger partial charge in [-0.3, -0.25) is 14.4 Å². The molecular formula is C32H35FN4O7. The molecule has 2 amide bonds. The van der Waals surface area contributed by atoms with Crippen LogP contribution in [0.15, 0.2) is 16.9 Å². The highest BCUT2D eigenvalue weighted by atomic mass is 19.1. The fourth-order valence-electron chi connectivity index (χ4n) is 6.66. The molecule has 3 aliphatic rings. The smallest absolute Gasteiger partial charge is 0.343 e. The van der Waals surface area contributed by atoms with Gasteiger partial charge < -0.3 is 29.8 Å². The number of carbonyl (C=O) groups excluding carboxylic acids is 3. The van der Waals surface area contributed by atoms with Crippen molar-refractivity contribution >= 4 is 28.7 Å². The van der Waals surface area contributed by atoms with Gasteiger partial charge in [-0.05, 0) is 55.9 Å². The quantitative estimate of drug-likeness (QED) is 0.205. The maximum atomic E-state index is 15.1. The summed E-state index contributed by atoms with van der Waals surface area (Å²) in [5.74, 6) is -1.60. The van der Waals surface area contributed by atoms with Crippen LogP contribution in [0, 0.1) is 12.7 Å². The maximum absolute atomic E-state index is 15.1. The lowest BCUT2D eigenvalue weighted by Gasteiger charge is -2.31. The van der Waals surface area contributed by atoms with Gasteiger partial charge in [-0.2, -0.15) is 0 Å². The molecule has 0 unspecified atom stereocenters. The van der Waals surface area contributed by atoms with Crippen LogP contribution in [0.4, 0.5) is 4.39 Å². The van der Waals surface area contributed by atoms with Crippen LogP contribution in [-0.4, -0.2) is 45.3 Å². The van der Waals surface area contributed by atoms with Gasteiger partial charge in [0.25, 0.3) is 5.56 Å². The summed E-state index contributed by atoms with van der Waals surface area (Å²) in [6.07, 6.45) is 0.979. The Balaban J connectivity index is 1.42. The molecule has 11 nitrogen and oxygen atoms in total. The Bertz CT molecular complexity index is 1800. The molecule has 2 aliphatic heterocycles. The number of ether oxygens (including phenoxy) is 2. The summed E-state index contributed by atoms with van der Waals surface area (Å²) in [7, 11) is 0. The van der Waals surface area contributed by atoms with E-state index in [9.17, 15) is 24.3 Å². The number of carbonyl (C=O) groups is 3. The van der Waals surface area contributed by atoms with Crippen molar-refractivity contribution in [1.82, 2.24) is 20.2 Å². The number of aromatic nitrogens is 2. The fraction of sp³-hybridized carbons (Fsp3) is 0.469. The molecule has 44 heavy (non-hydrogen) atoms. The SMILES string of the molecule is CCC(=O)NCO[C@@H](C)CC(=O)N[C@H]1CCc2c(C)c(F)cc3nc4c(c1c23)Cn1c-4cc2c(c1=O)COC(=O)[C@]2(O)CC. The number of esters is 1. The molecule has 0 spiro atoms. The van der Waals surface area contributed by atoms with Crippen molar-refractivity contribution < 1.29 is 33.4 Å².